The molecule has 1 aromatic carbocycles. The van der Waals surface area contributed by atoms with Crippen molar-refractivity contribution in [1.82, 2.24) is 0 Å². The van der Waals surface area contributed by atoms with Crippen molar-refractivity contribution in [3.63, 3.8) is 0 Å². The first-order valence-corrected chi connectivity index (χ1v) is 8.95. The van der Waals surface area contributed by atoms with Crippen molar-refractivity contribution in [2.75, 3.05) is 10.5 Å². The number of nitrogens with zero attached hydrogens (tertiary/aromatic N) is 1. The molecule has 0 amide bonds. The second-order valence-electron chi connectivity index (χ2n) is 5.62. The maximum absolute atomic E-state index is 12.3. The first kappa shape index (κ1) is 15.8. The van der Waals surface area contributed by atoms with Crippen LogP contribution < -0.4 is 4.72 Å². The van der Waals surface area contributed by atoms with Gasteiger partial charge in [0.1, 0.15) is 0 Å². The summed E-state index contributed by atoms with van der Waals surface area (Å²) in [6, 6.07) is 6.95. The highest BCUT2D eigenvalue weighted by Gasteiger charge is 2.22. The van der Waals surface area contributed by atoms with Gasteiger partial charge in [0.2, 0.25) is 10.0 Å². The topological polar surface area (TPSA) is 78.8 Å². The molecule has 0 aliphatic heterocycles. The molecule has 1 saturated carbocycles. The third kappa shape index (κ3) is 4.46. The molecule has 0 atom stereocenters. The third-order valence-electron chi connectivity index (χ3n) is 3.91. The molecular weight excluding hydrogens is 288 g/mol. The minimum atomic E-state index is -3.39. The van der Waals surface area contributed by atoms with Gasteiger partial charge < -0.3 is 5.21 Å². The van der Waals surface area contributed by atoms with Gasteiger partial charge in [-0.2, -0.15) is 0 Å². The summed E-state index contributed by atoms with van der Waals surface area (Å²) in [5.74, 6) is 0.410. The van der Waals surface area contributed by atoms with Gasteiger partial charge in [0.05, 0.1) is 17.2 Å². The van der Waals surface area contributed by atoms with Crippen LogP contribution in [0.2, 0.25) is 0 Å². The predicted octanol–water partition coefficient (Wildman–Crippen LogP) is 3.21. The number of benzene rings is 1. The second kappa shape index (κ2) is 6.93. The molecule has 6 heteroatoms. The smallest absolute Gasteiger partial charge is 0.233 e. The molecule has 2 N–H and O–H groups in total. The molecule has 1 fully saturated rings. The predicted molar refractivity (Wildman–Crippen MR) is 84.4 cm³/mol. The zero-order chi connectivity index (χ0) is 15.3. The summed E-state index contributed by atoms with van der Waals surface area (Å²) in [6.45, 7) is 1.63. The number of rotatable bonds is 5. The van der Waals surface area contributed by atoms with Crippen molar-refractivity contribution in [3.05, 3.63) is 29.8 Å². The number of hydrogen-bond donors (Lipinski definition) is 2. The molecule has 0 bridgehead atoms. The lowest BCUT2D eigenvalue weighted by Crippen LogP contribution is -2.25. The molecule has 0 unspecified atom stereocenters. The molecular formula is C15H22N2O3S. The number of nitrogens with one attached hydrogen (secondary N) is 1. The first-order chi connectivity index (χ1) is 10.0. The Morgan fingerprint density at radius 1 is 1.29 bits per heavy atom. The summed E-state index contributed by atoms with van der Waals surface area (Å²) >= 11 is 0. The summed E-state index contributed by atoms with van der Waals surface area (Å²) in [4.78, 5) is 0. The van der Waals surface area contributed by atoms with Gasteiger partial charge in [-0.1, -0.05) is 42.6 Å². The number of para-hydroxylation sites is 1. The number of hydrogen-bond acceptors (Lipinski definition) is 4. The molecule has 0 saturated heterocycles. The van der Waals surface area contributed by atoms with E-state index >= 15 is 0 Å². The number of oxime groups is 1. The lowest BCUT2D eigenvalue weighted by atomic mass is 9.91. The summed E-state index contributed by atoms with van der Waals surface area (Å²) in [5, 5.41) is 12.0. The standard InChI is InChI=1S/C15H22N2O3S/c1-12(16-18)14-9-5-6-10-15(14)17-21(19,20)11-13-7-3-2-4-8-13/h5-6,9-10,13,17-18H,2-4,7-8,11H2,1H3. The van der Waals surface area contributed by atoms with Crippen molar-refractivity contribution in [1.29, 1.82) is 0 Å². The average Bonchev–Trinajstić information content (AvgIpc) is 2.47. The normalized spacial score (nSPS) is 17.7. The van der Waals surface area contributed by atoms with E-state index < -0.39 is 10.0 Å². The Bertz CT molecular complexity index is 605. The quantitative estimate of drug-likeness (QED) is 0.498. The minimum absolute atomic E-state index is 0.163. The third-order valence-corrected chi connectivity index (χ3v) is 5.35. The highest BCUT2D eigenvalue weighted by Crippen LogP contribution is 2.26. The van der Waals surface area contributed by atoms with Crippen LogP contribution in [0.1, 0.15) is 44.6 Å². The van der Waals surface area contributed by atoms with Crippen LogP contribution >= 0.6 is 0 Å². The molecule has 21 heavy (non-hydrogen) atoms. The van der Waals surface area contributed by atoms with Crippen LogP contribution in [0.15, 0.2) is 29.4 Å². The van der Waals surface area contributed by atoms with E-state index in [1.165, 1.54) is 6.42 Å². The minimum Gasteiger partial charge on any atom is -0.411 e. The van der Waals surface area contributed by atoms with Gasteiger partial charge in [-0.3, -0.25) is 4.72 Å². The van der Waals surface area contributed by atoms with E-state index in [9.17, 15) is 8.42 Å². The van der Waals surface area contributed by atoms with Crippen LogP contribution in [-0.2, 0) is 10.0 Å². The van der Waals surface area contributed by atoms with Gasteiger partial charge in [0.15, 0.2) is 0 Å². The van der Waals surface area contributed by atoms with Crippen molar-refractivity contribution < 1.29 is 13.6 Å². The lowest BCUT2D eigenvalue weighted by molar-refractivity contribution is 0.319. The summed E-state index contributed by atoms with van der Waals surface area (Å²) in [5.41, 5.74) is 1.43. The molecule has 116 valence electrons. The van der Waals surface area contributed by atoms with Gasteiger partial charge in [0.25, 0.3) is 0 Å². The van der Waals surface area contributed by atoms with Crippen molar-refractivity contribution in [3.8, 4) is 0 Å². The largest absolute Gasteiger partial charge is 0.411 e. The van der Waals surface area contributed by atoms with E-state index in [1.807, 2.05) is 0 Å². The van der Waals surface area contributed by atoms with Gasteiger partial charge in [-0.05, 0) is 31.7 Å². The van der Waals surface area contributed by atoms with Crippen LogP contribution in [0.5, 0.6) is 0 Å². The van der Waals surface area contributed by atoms with E-state index in [0.717, 1.165) is 25.7 Å². The Labute approximate surface area is 126 Å². The Balaban J connectivity index is 2.13. The Kier molecular flexibility index (Phi) is 5.22. The molecule has 0 radical (unpaired) electrons. The SMILES string of the molecule is CC(=NO)c1ccccc1NS(=O)(=O)CC1CCCCC1. The summed E-state index contributed by atoms with van der Waals surface area (Å²) < 4.78 is 27.3. The molecule has 2 rings (SSSR count). The zero-order valence-corrected chi connectivity index (χ0v) is 13.1. The van der Waals surface area contributed by atoms with Gasteiger partial charge in [-0.25, -0.2) is 8.42 Å². The van der Waals surface area contributed by atoms with Crippen LogP contribution in [0, 0.1) is 5.92 Å². The molecule has 1 aliphatic rings. The van der Waals surface area contributed by atoms with Crippen LogP contribution in [0.25, 0.3) is 0 Å². The fourth-order valence-corrected chi connectivity index (χ4v) is 4.37. The molecule has 1 aliphatic carbocycles. The fraction of sp³-hybridized carbons (Fsp3) is 0.533. The summed E-state index contributed by atoms with van der Waals surface area (Å²) in [7, 11) is -3.39. The second-order valence-corrected chi connectivity index (χ2v) is 7.39. The monoisotopic (exact) mass is 310 g/mol. The molecule has 0 heterocycles. The van der Waals surface area contributed by atoms with Crippen LogP contribution in [0.4, 0.5) is 5.69 Å². The average molecular weight is 310 g/mol. The highest BCUT2D eigenvalue weighted by molar-refractivity contribution is 7.92. The molecule has 5 nitrogen and oxygen atoms in total. The van der Waals surface area contributed by atoms with Gasteiger partial charge in [0, 0.05) is 5.56 Å². The summed E-state index contributed by atoms with van der Waals surface area (Å²) in [6.07, 6.45) is 5.42. The Morgan fingerprint density at radius 3 is 2.62 bits per heavy atom. The van der Waals surface area contributed by atoms with E-state index in [4.69, 9.17) is 5.21 Å². The Morgan fingerprint density at radius 2 is 1.95 bits per heavy atom. The first-order valence-electron chi connectivity index (χ1n) is 7.30. The van der Waals surface area contributed by atoms with Crippen molar-refractivity contribution >= 4 is 21.4 Å². The van der Waals surface area contributed by atoms with Gasteiger partial charge >= 0.3 is 0 Å². The maximum Gasteiger partial charge on any atom is 0.233 e. The lowest BCUT2D eigenvalue weighted by Gasteiger charge is -2.22. The molecule has 0 spiro atoms. The maximum atomic E-state index is 12.3. The number of anilines is 1. The van der Waals surface area contributed by atoms with Crippen molar-refractivity contribution in [2.24, 2.45) is 11.1 Å². The zero-order valence-electron chi connectivity index (χ0n) is 12.2. The van der Waals surface area contributed by atoms with E-state index in [0.29, 0.717) is 17.0 Å². The van der Waals surface area contributed by atoms with E-state index in [-0.39, 0.29) is 11.7 Å². The van der Waals surface area contributed by atoms with E-state index in [1.54, 1.807) is 31.2 Å². The molecule has 0 aromatic heterocycles. The van der Waals surface area contributed by atoms with Crippen LogP contribution in [-0.4, -0.2) is 25.1 Å². The van der Waals surface area contributed by atoms with Gasteiger partial charge in [-0.15, -0.1) is 0 Å². The fourth-order valence-electron chi connectivity index (χ4n) is 2.81. The highest BCUT2D eigenvalue weighted by atomic mass is 32.2. The van der Waals surface area contributed by atoms with Crippen LogP contribution in [0.3, 0.4) is 0 Å². The number of sulfonamides is 1. The Hall–Kier alpha value is -1.56. The molecule has 1 aromatic rings. The van der Waals surface area contributed by atoms with E-state index in [2.05, 4.69) is 9.88 Å². The van der Waals surface area contributed by atoms with Crippen molar-refractivity contribution in [2.45, 2.75) is 39.0 Å².